The van der Waals surface area contributed by atoms with Crippen LogP contribution in [0.2, 0.25) is 0 Å². The monoisotopic (exact) mass is 317 g/mol. The number of carbonyl (C=O) groups excluding carboxylic acids is 1. The molecule has 0 rings (SSSR count). The van der Waals surface area contributed by atoms with Crippen molar-refractivity contribution in [2.24, 2.45) is 11.3 Å². The third-order valence-corrected chi connectivity index (χ3v) is 3.38. The van der Waals surface area contributed by atoms with Crippen molar-refractivity contribution in [1.82, 2.24) is 5.32 Å². The zero-order chi connectivity index (χ0) is 17.2. The minimum Gasteiger partial charge on any atom is -0.444 e. The summed E-state index contributed by atoms with van der Waals surface area (Å²) in [5.41, 5.74) is -0.832. The highest BCUT2D eigenvalue weighted by atomic mass is 16.6. The molecule has 5 heteroatoms. The maximum atomic E-state index is 11.8. The van der Waals surface area contributed by atoms with Gasteiger partial charge in [0.2, 0.25) is 0 Å². The zero-order valence-corrected chi connectivity index (χ0v) is 15.2. The lowest BCUT2D eigenvalue weighted by molar-refractivity contribution is 0.0398. The predicted molar refractivity (Wildman–Crippen MR) is 88.9 cm³/mol. The first-order chi connectivity index (χ1) is 10.1. The molecule has 0 heterocycles. The topological polar surface area (TPSA) is 67.8 Å². The SMILES string of the molecule is CCOCCCC(CO)(CNC(=O)OC(C)(C)C)CC(C)C. The number of rotatable bonds is 10. The van der Waals surface area contributed by atoms with Crippen molar-refractivity contribution < 1.29 is 19.4 Å². The van der Waals surface area contributed by atoms with Crippen LogP contribution in [0.15, 0.2) is 0 Å². The van der Waals surface area contributed by atoms with E-state index in [4.69, 9.17) is 9.47 Å². The van der Waals surface area contributed by atoms with Crippen LogP contribution in [0, 0.1) is 11.3 Å². The Labute approximate surface area is 135 Å². The number of nitrogens with one attached hydrogen (secondary N) is 1. The Hall–Kier alpha value is -0.810. The summed E-state index contributed by atoms with van der Waals surface area (Å²) in [6.07, 6.45) is 2.11. The van der Waals surface area contributed by atoms with Gasteiger partial charge in [0.25, 0.3) is 0 Å². The van der Waals surface area contributed by atoms with Crippen LogP contribution in [-0.4, -0.2) is 43.2 Å². The third kappa shape index (κ3) is 10.0. The minimum absolute atomic E-state index is 0.0487. The smallest absolute Gasteiger partial charge is 0.407 e. The molecule has 0 aromatic rings. The molecule has 0 aromatic heterocycles. The van der Waals surface area contributed by atoms with Crippen molar-refractivity contribution in [3.63, 3.8) is 0 Å². The summed E-state index contributed by atoms with van der Waals surface area (Å²) < 4.78 is 10.6. The maximum Gasteiger partial charge on any atom is 0.407 e. The molecule has 0 aliphatic carbocycles. The Morgan fingerprint density at radius 2 is 1.91 bits per heavy atom. The van der Waals surface area contributed by atoms with E-state index in [0.29, 0.717) is 25.7 Å². The van der Waals surface area contributed by atoms with Crippen LogP contribution in [0.25, 0.3) is 0 Å². The van der Waals surface area contributed by atoms with Gasteiger partial charge in [0, 0.05) is 25.2 Å². The van der Waals surface area contributed by atoms with Crippen LogP contribution in [-0.2, 0) is 9.47 Å². The van der Waals surface area contributed by atoms with Crippen molar-refractivity contribution >= 4 is 6.09 Å². The number of hydrogen-bond acceptors (Lipinski definition) is 4. The van der Waals surface area contributed by atoms with E-state index in [9.17, 15) is 9.90 Å². The van der Waals surface area contributed by atoms with E-state index in [1.807, 2.05) is 27.7 Å². The second kappa shape index (κ2) is 10.1. The van der Waals surface area contributed by atoms with Gasteiger partial charge in [-0.05, 0) is 52.9 Å². The summed E-state index contributed by atoms with van der Waals surface area (Å²) >= 11 is 0. The highest BCUT2D eigenvalue weighted by molar-refractivity contribution is 5.67. The molecule has 2 N–H and O–H groups in total. The molecule has 0 saturated heterocycles. The molecule has 0 aliphatic rings. The molecule has 1 amide bonds. The highest BCUT2D eigenvalue weighted by Gasteiger charge is 2.31. The lowest BCUT2D eigenvalue weighted by atomic mass is 9.77. The van der Waals surface area contributed by atoms with E-state index in [2.05, 4.69) is 19.2 Å². The second-order valence-electron chi connectivity index (χ2n) is 7.41. The summed E-state index contributed by atoms with van der Waals surface area (Å²) in [7, 11) is 0. The average Bonchev–Trinajstić information content (AvgIpc) is 2.38. The molecule has 5 nitrogen and oxygen atoms in total. The lowest BCUT2D eigenvalue weighted by Gasteiger charge is -2.34. The minimum atomic E-state index is -0.515. The van der Waals surface area contributed by atoms with Gasteiger partial charge in [-0.15, -0.1) is 0 Å². The van der Waals surface area contributed by atoms with Crippen molar-refractivity contribution in [3.05, 3.63) is 0 Å². The zero-order valence-electron chi connectivity index (χ0n) is 15.2. The third-order valence-electron chi connectivity index (χ3n) is 3.38. The quantitative estimate of drug-likeness (QED) is 0.606. The van der Waals surface area contributed by atoms with Crippen LogP contribution in [0.5, 0.6) is 0 Å². The molecular weight excluding hydrogens is 282 g/mol. The van der Waals surface area contributed by atoms with Crippen molar-refractivity contribution in [3.8, 4) is 0 Å². The van der Waals surface area contributed by atoms with E-state index < -0.39 is 11.7 Å². The average molecular weight is 317 g/mol. The van der Waals surface area contributed by atoms with Gasteiger partial charge in [0.05, 0.1) is 6.61 Å². The number of amides is 1. The Morgan fingerprint density at radius 3 is 2.36 bits per heavy atom. The van der Waals surface area contributed by atoms with E-state index in [1.165, 1.54) is 0 Å². The molecule has 22 heavy (non-hydrogen) atoms. The van der Waals surface area contributed by atoms with Gasteiger partial charge in [-0.25, -0.2) is 4.79 Å². The Morgan fingerprint density at radius 1 is 1.27 bits per heavy atom. The fourth-order valence-electron chi connectivity index (χ4n) is 2.60. The van der Waals surface area contributed by atoms with Crippen molar-refractivity contribution in [2.75, 3.05) is 26.4 Å². The van der Waals surface area contributed by atoms with Crippen molar-refractivity contribution in [1.29, 1.82) is 0 Å². The summed E-state index contributed by atoms with van der Waals surface area (Å²) in [6, 6.07) is 0. The number of aliphatic hydroxyl groups excluding tert-OH is 1. The first-order valence-corrected chi connectivity index (χ1v) is 8.29. The fourth-order valence-corrected chi connectivity index (χ4v) is 2.60. The highest BCUT2D eigenvalue weighted by Crippen LogP contribution is 2.31. The van der Waals surface area contributed by atoms with Gasteiger partial charge < -0.3 is 19.9 Å². The first-order valence-electron chi connectivity index (χ1n) is 8.29. The summed E-state index contributed by atoms with van der Waals surface area (Å²) in [6.45, 7) is 13.6. The number of aliphatic hydroxyl groups is 1. The fraction of sp³-hybridized carbons (Fsp3) is 0.941. The van der Waals surface area contributed by atoms with Crippen molar-refractivity contribution in [2.45, 2.75) is 66.4 Å². The van der Waals surface area contributed by atoms with Crippen LogP contribution in [0.3, 0.4) is 0 Å². The summed E-state index contributed by atoms with van der Waals surface area (Å²) in [5, 5.41) is 12.7. The molecule has 1 unspecified atom stereocenters. The molecule has 0 aliphatic heterocycles. The largest absolute Gasteiger partial charge is 0.444 e. The Kier molecular flexibility index (Phi) is 9.69. The Balaban J connectivity index is 4.59. The van der Waals surface area contributed by atoms with Gasteiger partial charge in [0.15, 0.2) is 0 Å². The molecule has 0 radical (unpaired) electrons. The van der Waals surface area contributed by atoms with Crippen LogP contribution >= 0.6 is 0 Å². The van der Waals surface area contributed by atoms with Gasteiger partial charge in [-0.3, -0.25) is 0 Å². The van der Waals surface area contributed by atoms with Gasteiger partial charge in [-0.1, -0.05) is 13.8 Å². The summed E-state index contributed by atoms with van der Waals surface area (Å²) in [5.74, 6) is 0.444. The van der Waals surface area contributed by atoms with Gasteiger partial charge >= 0.3 is 6.09 Å². The Bertz CT molecular complexity index is 312. The molecular formula is C17H35NO4. The van der Waals surface area contributed by atoms with Crippen LogP contribution in [0.4, 0.5) is 4.79 Å². The number of ether oxygens (including phenoxy) is 2. The normalized spacial score (nSPS) is 14.7. The van der Waals surface area contributed by atoms with E-state index in [1.54, 1.807) is 0 Å². The molecule has 132 valence electrons. The molecule has 1 atom stereocenters. The number of hydrogen-bond donors (Lipinski definition) is 2. The molecule has 0 aromatic carbocycles. The predicted octanol–water partition coefficient (Wildman–Crippen LogP) is 3.35. The maximum absolute atomic E-state index is 11.8. The molecule has 0 fully saturated rings. The van der Waals surface area contributed by atoms with E-state index in [0.717, 1.165) is 19.3 Å². The van der Waals surface area contributed by atoms with Crippen LogP contribution < -0.4 is 5.32 Å². The molecule has 0 saturated carbocycles. The van der Waals surface area contributed by atoms with Crippen LogP contribution in [0.1, 0.15) is 60.8 Å². The summed E-state index contributed by atoms with van der Waals surface area (Å²) in [4.78, 5) is 11.8. The molecule has 0 spiro atoms. The van der Waals surface area contributed by atoms with E-state index in [-0.39, 0.29) is 12.0 Å². The van der Waals surface area contributed by atoms with E-state index >= 15 is 0 Å². The molecule has 0 bridgehead atoms. The number of alkyl carbamates (subject to hydrolysis) is 1. The van der Waals surface area contributed by atoms with Gasteiger partial charge in [0.1, 0.15) is 5.60 Å². The van der Waals surface area contributed by atoms with Gasteiger partial charge in [-0.2, -0.15) is 0 Å². The second-order valence-corrected chi connectivity index (χ2v) is 7.41. The standard InChI is InChI=1S/C17H35NO4/c1-7-21-10-8-9-17(13-19,11-14(2)3)12-18-15(20)22-16(4,5)6/h14,19H,7-13H2,1-6H3,(H,18,20). The lowest BCUT2D eigenvalue weighted by Crippen LogP contribution is -2.43. The first kappa shape index (κ1) is 21.2. The number of carbonyl (C=O) groups is 1.